The molecule has 7 atom stereocenters. The molecule has 4 heterocycles. The first-order valence-corrected chi connectivity index (χ1v) is 15.8. The summed E-state index contributed by atoms with van der Waals surface area (Å²) < 4.78 is 7.09. The normalized spacial score (nSPS) is 32.1. The minimum Gasteiger partial charge on any atom is -0.394 e. The highest BCUT2D eigenvalue weighted by Gasteiger charge is 2.76. The summed E-state index contributed by atoms with van der Waals surface area (Å²) in [6.45, 7) is 11.2. The van der Waals surface area contributed by atoms with Crippen LogP contribution in [0.4, 0.5) is 0 Å². The van der Waals surface area contributed by atoms with Gasteiger partial charge in [-0.3, -0.25) is 14.4 Å². The molecule has 1 N–H and O–H groups in total. The first kappa shape index (κ1) is 30.5. The highest BCUT2D eigenvalue weighted by Crippen LogP contribution is 2.59. The average Bonchev–Trinajstić information content (AvgIpc) is 3.27. The second-order valence-corrected chi connectivity index (χ2v) is 13.0. The molecule has 1 aromatic carbocycles. The number of benzene rings is 1. The number of fused-ring (bicyclic) bond motifs is 2. The van der Waals surface area contributed by atoms with E-state index in [1.54, 1.807) is 9.80 Å². The minimum absolute atomic E-state index is 0.0223. The van der Waals surface area contributed by atoms with Gasteiger partial charge in [0.15, 0.2) is 0 Å². The Bertz CT molecular complexity index is 1230. The van der Waals surface area contributed by atoms with Crippen molar-refractivity contribution in [3.8, 4) is 0 Å². The number of carbonyl (C=O) groups excluding carboxylic acids is 3. The van der Waals surface area contributed by atoms with Gasteiger partial charge in [0.1, 0.15) is 11.6 Å². The lowest BCUT2D eigenvalue weighted by atomic mass is 9.73. The summed E-state index contributed by atoms with van der Waals surface area (Å²) in [5.74, 6) is -2.05. The van der Waals surface area contributed by atoms with Crippen molar-refractivity contribution in [3.05, 3.63) is 60.2 Å². The van der Waals surface area contributed by atoms with Crippen LogP contribution in [-0.4, -0.2) is 86.6 Å². The Labute approximate surface area is 250 Å². The van der Waals surface area contributed by atoms with Crippen LogP contribution in [0.5, 0.6) is 0 Å². The van der Waals surface area contributed by atoms with Gasteiger partial charge in [-0.15, -0.1) is 0 Å². The zero-order valence-corrected chi connectivity index (χ0v) is 25.7. The van der Waals surface area contributed by atoms with Crippen LogP contribution in [0.15, 0.2) is 54.6 Å². The minimum atomic E-state index is -1.31. The molecule has 0 radical (unpaired) electrons. The lowest BCUT2D eigenvalue weighted by molar-refractivity contribution is -0.158. The molecule has 8 heteroatoms. The Morgan fingerprint density at radius 2 is 1.67 bits per heavy atom. The summed E-state index contributed by atoms with van der Waals surface area (Å²) in [6.07, 6.45) is 10.6. The predicted octanol–water partition coefficient (Wildman–Crippen LogP) is 3.94. The highest BCUT2D eigenvalue weighted by molar-refractivity contribution is 6.00. The molecule has 0 saturated carbocycles. The van der Waals surface area contributed by atoms with Gasteiger partial charge in [0, 0.05) is 25.7 Å². The lowest BCUT2D eigenvalue weighted by Crippen LogP contribution is -2.60. The summed E-state index contributed by atoms with van der Waals surface area (Å²) >= 11 is 0. The van der Waals surface area contributed by atoms with Crippen LogP contribution in [-0.2, 0) is 25.7 Å². The fourth-order valence-corrected chi connectivity index (χ4v) is 7.90. The molecular formula is C34H47N3O5. The van der Waals surface area contributed by atoms with E-state index in [-0.39, 0.29) is 36.3 Å². The molecule has 228 valence electrons. The third-order valence-electron chi connectivity index (χ3n) is 9.79. The van der Waals surface area contributed by atoms with Crippen LogP contribution < -0.4 is 0 Å². The van der Waals surface area contributed by atoms with Crippen LogP contribution in [0.2, 0.25) is 0 Å². The number of rotatable bonds is 10. The van der Waals surface area contributed by atoms with Crippen molar-refractivity contribution >= 4 is 17.7 Å². The number of nitrogens with zero attached hydrogens (tertiary/aromatic N) is 3. The number of likely N-dealkylation sites (tertiary alicyclic amines) is 1. The molecule has 2 fully saturated rings. The summed E-state index contributed by atoms with van der Waals surface area (Å²) in [6, 6.07) is 8.32. The van der Waals surface area contributed by atoms with Crippen LogP contribution in [0.25, 0.3) is 0 Å². The van der Waals surface area contributed by atoms with Gasteiger partial charge in [0.25, 0.3) is 0 Å². The summed E-state index contributed by atoms with van der Waals surface area (Å²) in [7, 11) is 0. The number of ether oxygens (including phenoxy) is 1. The molecule has 5 rings (SSSR count). The molecule has 0 aliphatic carbocycles. The Hall–Kier alpha value is -2.97. The van der Waals surface area contributed by atoms with Crippen LogP contribution in [0.1, 0.15) is 65.9 Å². The lowest BCUT2D eigenvalue weighted by Gasteiger charge is -2.42. The Kier molecular flexibility index (Phi) is 8.68. The molecule has 3 amide bonds. The molecule has 0 bridgehead atoms. The quantitative estimate of drug-likeness (QED) is 0.426. The van der Waals surface area contributed by atoms with Crippen LogP contribution in [0, 0.1) is 17.8 Å². The van der Waals surface area contributed by atoms with E-state index in [1.165, 1.54) is 0 Å². The number of hydrogen-bond acceptors (Lipinski definition) is 5. The van der Waals surface area contributed by atoms with Gasteiger partial charge < -0.3 is 24.5 Å². The maximum Gasteiger partial charge on any atom is 0.249 e. The van der Waals surface area contributed by atoms with Gasteiger partial charge in [0.2, 0.25) is 17.7 Å². The van der Waals surface area contributed by atoms with Crippen molar-refractivity contribution in [3.63, 3.8) is 0 Å². The van der Waals surface area contributed by atoms with E-state index >= 15 is 0 Å². The second-order valence-electron chi connectivity index (χ2n) is 13.0. The van der Waals surface area contributed by atoms with E-state index in [0.717, 1.165) is 18.4 Å². The zero-order chi connectivity index (χ0) is 30.2. The molecule has 42 heavy (non-hydrogen) atoms. The first-order valence-electron chi connectivity index (χ1n) is 15.8. The SMILES string of the molecule is CCCC(C)N1CC=C[C@]23O[C@@]4(CC)C=CCN(Cc5ccccc5)C(=O)[C@H]4[C@H]2C(=O)N([C@@H](CO)CC(C)C)C3C1=O. The molecular weight excluding hydrogens is 530 g/mol. The van der Waals surface area contributed by atoms with Gasteiger partial charge in [-0.05, 0) is 37.7 Å². The Morgan fingerprint density at radius 1 is 0.952 bits per heavy atom. The summed E-state index contributed by atoms with van der Waals surface area (Å²) in [4.78, 5) is 49.2. The fourth-order valence-electron chi connectivity index (χ4n) is 7.90. The molecule has 4 aliphatic rings. The smallest absolute Gasteiger partial charge is 0.249 e. The fraction of sp³-hybridized carbons (Fsp3) is 0.618. The summed E-state index contributed by atoms with van der Waals surface area (Å²) in [5, 5.41) is 10.6. The summed E-state index contributed by atoms with van der Waals surface area (Å²) in [5.41, 5.74) is -1.32. The molecule has 4 aliphatic heterocycles. The van der Waals surface area contributed by atoms with Gasteiger partial charge in [-0.2, -0.15) is 0 Å². The molecule has 1 aromatic rings. The van der Waals surface area contributed by atoms with Crippen molar-refractivity contribution in [1.29, 1.82) is 0 Å². The molecule has 2 unspecified atom stereocenters. The van der Waals surface area contributed by atoms with Gasteiger partial charge in [0.05, 0.1) is 30.1 Å². The van der Waals surface area contributed by atoms with Gasteiger partial charge in [-0.25, -0.2) is 0 Å². The average molecular weight is 578 g/mol. The number of aliphatic hydroxyl groups excluding tert-OH is 1. The number of carbonyl (C=O) groups is 3. The van der Waals surface area contributed by atoms with Crippen molar-refractivity contribution in [2.45, 2.75) is 96.2 Å². The maximum atomic E-state index is 14.8. The van der Waals surface area contributed by atoms with Crippen molar-refractivity contribution in [2.75, 3.05) is 19.7 Å². The standard InChI is InChI=1S/C34H47N3O5/c1-6-13-24(5)36-19-12-17-34-28(31(40)37(29(34)32(36)41)26(22-38)20-23(3)4)27-30(39)35(21-25-14-9-8-10-15-25)18-11-16-33(27,7-2)42-34/h8-12,14-17,23-24,26-29,38H,6-7,13,18-22H2,1-5H3/t24?,26-,27-,28+,29?,33+,34+/m1/s1. The van der Waals surface area contributed by atoms with E-state index in [0.29, 0.717) is 32.5 Å². The van der Waals surface area contributed by atoms with Crippen molar-refractivity contribution in [1.82, 2.24) is 14.7 Å². The third kappa shape index (κ3) is 4.90. The van der Waals surface area contributed by atoms with Crippen molar-refractivity contribution < 1.29 is 24.2 Å². The van der Waals surface area contributed by atoms with Crippen LogP contribution >= 0.6 is 0 Å². The Balaban J connectivity index is 1.64. The number of amides is 3. The van der Waals surface area contributed by atoms with E-state index in [2.05, 4.69) is 6.92 Å². The maximum absolute atomic E-state index is 14.8. The predicted molar refractivity (Wildman–Crippen MR) is 161 cm³/mol. The van der Waals surface area contributed by atoms with E-state index in [9.17, 15) is 19.5 Å². The molecule has 1 spiro atoms. The zero-order valence-electron chi connectivity index (χ0n) is 25.7. The molecule has 2 saturated heterocycles. The van der Waals surface area contributed by atoms with Gasteiger partial charge >= 0.3 is 0 Å². The first-order chi connectivity index (χ1) is 20.1. The topological polar surface area (TPSA) is 90.4 Å². The van der Waals surface area contributed by atoms with E-state index in [4.69, 9.17) is 4.74 Å². The van der Waals surface area contributed by atoms with E-state index in [1.807, 2.05) is 87.2 Å². The number of hydrogen-bond donors (Lipinski definition) is 1. The highest BCUT2D eigenvalue weighted by atomic mass is 16.5. The Morgan fingerprint density at radius 3 is 2.31 bits per heavy atom. The third-order valence-corrected chi connectivity index (χ3v) is 9.79. The van der Waals surface area contributed by atoms with Gasteiger partial charge in [-0.1, -0.05) is 88.8 Å². The molecule has 8 nitrogen and oxygen atoms in total. The monoisotopic (exact) mass is 577 g/mol. The van der Waals surface area contributed by atoms with Crippen molar-refractivity contribution in [2.24, 2.45) is 17.8 Å². The number of aliphatic hydroxyl groups is 1. The largest absolute Gasteiger partial charge is 0.394 e. The van der Waals surface area contributed by atoms with Crippen LogP contribution in [0.3, 0.4) is 0 Å². The van der Waals surface area contributed by atoms with E-state index < -0.39 is 35.1 Å². The second kappa shape index (κ2) is 12.0. The molecule has 0 aromatic heterocycles.